The maximum Gasteiger partial charge on any atom is 0.164 e. The summed E-state index contributed by atoms with van der Waals surface area (Å²) < 4.78 is 0. The summed E-state index contributed by atoms with van der Waals surface area (Å²) in [5.41, 5.74) is -0.602. The summed E-state index contributed by atoms with van der Waals surface area (Å²) in [7, 11) is 0. The van der Waals surface area contributed by atoms with E-state index in [1.807, 2.05) is 0 Å². The molecule has 0 aliphatic rings. The second-order valence-electron chi connectivity index (χ2n) is 2.97. The molecule has 0 saturated heterocycles. The van der Waals surface area contributed by atoms with Gasteiger partial charge in [-0.15, -0.1) is 0 Å². The number of Topliss-reactive ketones (excluding diaryl/α,β-unsaturated/α-hetero) is 4. The smallest absolute Gasteiger partial charge is 0.164 e. The fraction of sp³-hybridized carbons (Fsp3) is 0.400. The fourth-order valence-electron chi connectivity index (χ4n) is 1.20. The van der Waals surface area contributed by atoms with E-state index in [2.05, 4.69) is 0 Å². The minimum atomic E-state index is -0.557. The van der Waals surface area contributed by atoms with Gasteiger partial charge in [0.1, 0.15) is 0 Å². The van der Waals surface area contributed by atoms with Crippen LogP contribution in [0.3, 0.4) is 0 Å². The molecule has 0 bridgehead atoms. The molecule has 0 saturated carbocycles. The van der Waals surface area contributed by atoms with Crippen molar-refractivity contribution in [1.29, 1.82) is 0 Å². The molecule has 0 aromatic rings. The third-order valence-electron chi connectivity index (χ3n) is 1.66. The predicted octanol–water partition coefficient (Wildman–Crippen LogP) is 0.258. The molecule has 0 aromatic carbocycles. The van der Waals surface area contributed by atoms with E-state index in [1.165, 1.54) is 0 Å². The normalized spacial score (nSPS) is 8.53. The summed E-state index contributed by atoms with van der Waals surface area (Å²) in [5.74, 6) is -2.23. The van der Waals surface area contributed by atoms with Gasteiger partial charge in [-0.1, -0.05) is 0 Å². The Bertz CT molecular complexity index is 286. The van der Waals surface area contributed by atoms with Gasteiger partial charge >= 0.3 is 0 Å². The summed E-state index contributed by atoms with van der Waals surface area (Å²) in [4.78, 5) is 44.2. The van der Waals surface area contributed by atoms with Crippen LogP contribution in [0, 0.1) is 0 Å². The van der Waals surface area contributed by atoms with Crippen LogP contribution in [0.5, 0.6) is 0 Å². The van der Waals surface area contributed by atoms with Crippen molar-refractivity contribution >= 4 is 52.7 Å². The van der Waals surface area contributed by atoms with E-state index in [0.29, 0.717) is 0 Å². The number of hydrogen-bond acceptors (Lipinski definition) is 4. The molecular weight excluding hydrogens is 207 g/mol. The standard InChI is InChI=1S/C10H12O4.Na/c1-5(11)9(6(2)12)10(7(3)13)8(4)14;/h1-4H3;. The van der Waals surface area contributed by atoms with Crippen molar-refractivity contribution in [1.82, 2.24) is 0 Å². The summed E-state index contributed by atoms with van der Waals surface area (Å²) in [6.07, 6.45) is 0. The molecule has 1 radical (unpaired) electrons. The third kappa shape index (κ3) is 4.64. The van der Waals surface area contributed by atoms with Gasteiger partial charge < -0.3 is 0 Å². The molecular formula is C10H12NaO4. The molecule has 0 amide bonds. The second kappa shape index (κ2) is 6.82. The molecule has 15 heavy (non-hydrogen) atoms. The quantitative estimate of drug-likeness (QED) is 0.294. The molecule has 0 heterocycles. The summed E-state index contributed by atoms with van der Waals surface area (Å²) in [5, 5.41) is 0. The van der Waals surface area contributed by atoms with Gasteiger partial charge in [0.15, 0.2) is 23.1 Å². The van der Waals surface area contributed by atoms with Crippen LogP contribution in [0.1, 0.15) is 27.7 Å². The first-order valence-electron chi connectivity index (χ1n) is 4.07. The number of carbonyl (C=O) groups excluding carboxylic acids is 4. The molecule has 0 aliphatic carbocycles. The van der Waals surface area contributed by atoms with Crippen molar-refractivity contribution in [3.05, 3.63) is 11.1 Å². The van der Waals surface area contributed by atoms with Gasteiger partial charge in [0.2, 0.25) is 0 Å². The summed E-state index contributed by atoms with van der Waals surface area (Å²) in [6, 6.07) is 0. The first-order valence-corrected chi connectivity index (χ1v) is 4.07. The van der Waals surface area contributed by atoms with Crippen LogP contribution in [-0.4, -0.2) is 52.7 Å². The van der Waals surface area contributed by atoms with Crippen molar-refractivity contribution in [2.45, 2.75) is 27.7 Å². The van der Waals surface area contributed by atoms with Gasteiger partial charge in [-0.05, 0) is 27.7 Å². The molecule has 77 valence electrons. The molecule has 0 rings (SSSR count). The maximum atomic E-state index is 11.1. The maximum absolute atomic E-state index is 11.1. The average Bonchev–Trinajstić information content (AvgIpc) is 1.96. The Kier molecular flexibility index (Phi) is 7.66. The van der Waals surface area contributed by atoms with E-state index >= 15 is 0 Å². The van der Waals surface area contributed by atoms with Crippen molar-refractivity contribution in [2.24, 2.45) is 0 Å². The molecule has 4 nitrogen and oxygen atoms in total. The Morgan fingerprint density at radius 3 is 0.733 bits per heavy atom. The number of hydrogen-bond donors (Lipinski definition) is 0. The minimum absolute atomic E-state index is 0. The third-order valence-corrected chi connectivity index (χ3v) is 1.66. The fourth-order valence-corrected chi connectivity index (χ4v) is 1.20. The van der Waals surface area contributed by atoms with Gasteiger partial charge in [0.25, 0.3) is 0 Å². The van der Waals surface area contributed by atoms with Crippen molar-refractivity contribution in [3.8, 4) is 0 Å². The van der Waals surface area contributed by atoms with Crippen LogP contribution in [0.15, 0.2) is 11.1 Å². The van der Waals surface area contributed by atoms with Gasteiger partial charge in [0.05, 0.1) is 11.1 Å². The zero-order valence-electron chi connectivity index (χ0n) is 9.63. The Morgan fingerprint density at radius 2 is 0.667 bits per heavy atom. The molecule has 0 N–H and O–H groups in total. The molecule has 0 aliphatic heterocycles. The van der Waals surface area contributed by atoms with Crippen molar-refractivity contribution < 1.29 is 19.2 Å². The van der Waals surface area contributed by atoms with Crippen LogP contribution in [-0.2, 0) is 19.2 Å². The molecule has 0 spiro atoms. The van der Waals surface area contributed by atoms with Gasteiger partial charge in [-0.25, -0.2) is 0 Å². The number of allylic oxidation sites excluding steroid dienone is 2. The van der Waals surface area contributed by atoms with Gasteiger partial charge in [-0.3, -0.25) is 19.2 Å². The Labute approximate surface area is 110 Å². The van der Waals surface area contributed by atoms with Crippen LogP contribution >= 0.6 is 0 Å². The number of ketones is 4. The summed E-state index contributed by atoms with van der Waals surface area (Å²) >= 11 is 0. The van der Waals surface area contributed by atoms with Crippen molar-refractivity contribution in [2.75, 3.05) is 0 Å². The predicted molar refractivity (Wildman–Crippen MR) is 55.5 cm³/mol. The van der Waals surface area contributed by atoms with Crippen LogP contribution in [0.4, 0.5) is 0 Å². The van der Waals surface area contributed by atoms with Crippen LogP contribution in [0.25, 0.3) is 0 Å². The van der Waals surface area contributed by atoms with E-state index in [4.69, 9.17) is 0 Å². The van der Waals surface area contributed by atoms with E-state index in [9.17, 15) is 19.2 Å². The molecule has 0 fully saturated rings. The molecule has 0 aromatic heterocycles. The largest absolute Gasteiger partial charge is 0.294 e. The van der Waals surface area contributed by atoms with Crippen LogP contribution < -0.4 is 0 Å². The SMILES string of the molecule is CC(=O)C(C(C)=O)=C(C(C)=O)C(C)=O.[Na]. The monoisotopic (exact) mass is 219 g/mol. The minimum Gasteiger partial charge on any atom is -0.294 e. The van der Waals surface area contributed by atoms with Gasteiger partial charge in [-0.2, -0.15) is 0 Å². The Hall–Kier alpha value is -0.580. The first-order chi connectivity index (χ1) is 6.29. The zero-order chi connectivity index (χ0) is 11.5. The number of rotatable bonds is 4. The first kappa shape index (κ1) is 16.8. The zero-order valence-corrected chi connectivity index (χ0v) is 11.6. The van der Waals surface area contributed by atoms with E-state index in [0.717, 1.165) is 27.7 Å². The average molecular weight is 219 g/mol. The van der Waals surface area contributed by atoms with Crippen LogP contribution in [0.2, 0.25) is 0 Å². The Morgan fingerprint density at radius 1 is 0.533 bits per heavy atom. The second-order valence-corrected chi connectivity index (χ2v) is 2.97. The number of carbonyl (C=O) groups is 4. The van der Waals surface area contributed by atoms with E-state index < -0.39 is 23.1 Å². The van der Waals surface area contributed by atoms with E-state index in [1.54, 1.807) is 0 Å². The summed E-state index contributed by atoms with van der Waals surface area (Å²) in [6.45, 7) is 4.62. The van der Waals surface area contributed by atoms with Gasteiger partial charge in [0, 0.05) is 29.6 Å². The van der Waals surface area contributed by atoms with Crippen molar-refractivity contribution in [3.63, 3.8) is 0 Å². The van der Waals surface area contributed by atoms with E-state index in [-0.39, 0.29) is 40.7 Å². The Balaban J connectivity index is 0. The molecule has 5 heteroatoms. The topological polar surface area (TPSA) is 68.3 Å². The molecule has 0 atom stereocenters. The molecule has 0 unspecified atom stereocenters.